The van der Waals surface area contributed by atoms with Gasteiger partial charge in [-0.1, -0.05) is 30.1 Å². The molecule has 1 aromatic carbocycles. The molecule has 0 fully saturated rings. The van der Waals surface area contributed by atoms with E-state index in [2.05, 4.69) is 0 Å². The number of benzene rings is 1. The summed E-state index contributed by atoms with van der Waals surface area (Å²) in [6.07, 6.45) is 0.569. The highest BCUT2D eigenvalue weighted by atomic mass is 35.5. The van der Waals surface area contributed by atoms with Crippen molar-refractivity contribution < 1.29 is 17.9 Å². The second kappa shape index (κ2) is 7.98. The van der Waals surface area contributed by atoms with E-state index in [0.29, 0.717) is 6.42 Å². The number of esters is 1. The van der Waals surface area contributed by atoms with E-state index in [9.17, 15) is 13.2 Å². The van der Waals surface area contributed by atoms with Gasteiger partial charge in [0.1, 0.15) is 6.54 Å². The van der Waals surface area contributed by atoms with Crippen LogP contribution in [0.3, 0.4) is 0 Å². The molecule has 0 saturated heterocycles. The molecule has 0 bridgehead atoms. The van der Waals surface area contributed by atoms with Crippen LogP contribution in [0.15, 0.2) is 23.1 Å². The van der Waals surface area contributed by atoms with Gasteiger partial charge in [0.05, 0.1) is 21.5 Å². The lowest BCUT2D eigenvalue weighted by Crippen LogP contribution is -2.37. The predicted octanol–water partition coefficient (Wildman–Crippen LogP) is 2.96. The summed E-state index contributed by atoms with van der Waals surface area (Å²) in [5.74, 6) is -0.588. The predicted molar refractivity (Wildman–Crippen MR) is 82.1 cm³/mol. The van der Waals surface area contributed by atoms with Crippen molar-refractivity contribution >= 4 is 39.2 Å². The standard InChI is InChI=1S/C13H17Cl2NO4S/c1-3-7-16(9-13(17)20-4-2)21(18,19)10-5-6-11(14)12(15)8-10/h5-6,8H,3-4,7,9H2,1-2H3. The van der Waals surface area contributed by atoms with E-state index in [1.807, 2.05) is 6.92 Å². The van der Waals surface area contributed by atoms with E-state index < -0.39 is 16.0 Å². The van der Waals surface area contributed by atoms with Crippen LogP contribution in [0.1, 0.15) is 20.3 Å². The van der Waals surface area contributed by atoms with Crippen LogP contribution in [-0.2, 0) is 19.6 Å². The van der Waals surface area contributed by atoms with Crippen molar-refractivity contribution in [3.63, 3.8) is 0 Å². The molecule has 0 N–H and O–H groups in total. The molecule has 0 spiro atoms. The van der Waals surface area contributed by atoms with Gasteiger partial charge in [0.2, 0.25) is 10.0 Å². The number of halogens is 2. The Hall–Kier alpha value is -0.820. The van der Waals surface area contributed by atoms with Gasteiger partial charge in [0.15, 0.2) is 0 Å². The van der Waals surface area contributed by atoms with Gasteiger partial charge in [-0.15, -0.1) is 0 Å². The number of rotatable bonds is 7. The monoisotopic (exact) mass is 353 g/mol. The number of hydrogen-bond acceptors (Lipinski definition) is 4. The zero-order valence-corrected chi connectivity index (χ0v) is 14.1. The first-order valence-electron chi connectivity index (χ1n) is 6.43. The molecule has 1 rings (SSSR count). The molecule has 21 heavy (non-hydrogen) atoms. The average Bonchev–Trinajstić information content (AvgIpc) is 2.41. The number of nitrogens with zero attached hydrogens (tertiary/aromatic N) is 1. The molecule has 5 nitrogen and oxygen atoms in total. The van der Waals surface area contributed by atoms with E-state index in [1.165, 1.54) is 18.2 Å². The minimum atomic E-state index is -3.83. The van der Waals surface area contributed by atoms with Crippen molar-refractivity contribution in [1.82, 2.24) is 4.31 Å². The third-order valence-electron chi connectivity index (χ3n) is 2.61. The summed E-state index contributed by atoms with van der Waals surface area (Å²) in [7, 11) is -3.83. The van der Waals surface area contributed by atoms with Gasteiger partial charge in [0, 0.05) is 6.54 Å². The Balaban J connectivity index is 3.09. The highest BCUT2D eigenvalue weighted by Gasteiger charge is 2.27. The fourth-order valence-electron chi connectivity index (χ4n) is 1.67. The third kappa shape index (κ3) is 4.85. The average molecular weight is 354 g/mol. The highest BCUT2D eigenvalue weighted by molar-refractivity contribution is 7.89. The Kier molecular flexibility index (Phi) is 6.93. The summed E-state index contributed by atoms with van der Waals surface area (Å²) < 4.78 is 31.0. The number of ether oxygens (including phenoxy) is 1. The third-order valence-corrected chi connectivity index (χ3v) is 5.19. The molecule has 0 aliphatic rings. The Morgan fingerprint density at radius 2 is 1.90 bits per heavy atom. The molecule has 0 saturated carbocycles. The quantitative estimate of drug-likeness (QED) is 0.707. The molecule has 0 atom stereocenters. The normalized spacial score (nSPS) is 11.7. The summed E-state index contributed by atoms with van der Waals surface area (Å²) in [5.41, 5.74) is 0. The molecule has 0 radical (unpaired) electrons. The van der Waals surface area contributed by atoms with Crippen LogP contribution in [-0.4, -0.2) is 38.4 Å². The fraction of sp³-hybridized carbons (Fsp3) is 0.462. The number of sulfonamides is 1. The molecule has 1 aromatic rings. The maximum atomic E-state index is 12.5. The van der Waals surface area contributed by atoms with Crippen LogP contribution in [0, 0.1) is 0 Å². The van der Waals surface area contributed by atoms with E-state index in [4.69, 9.17) is 27.9 Å². The summed E-state index contributed by atoms with van der Waals surface area (Å²) in [4.78, 5) is 11.5. The smallest absolute Gasteiger partial charge is 0.321 e. The Morgan fingerprint density at radius 1 is 1.24 bits per heavy atom. The molecule has 8 heteroatoms. The SMILES string of the molecule is CCCN(CC(=O)OCC)S(=O)(=O)c1ccc(Cl)c(Cl)c1. The zero-order valence-electron chi connectivity index (χ0n) is 11.8. The summed E-state index contributed by atoms with van der Waals surface area (Å²) >= 11 is 11.6. The first-order chi connectivity index (χ1) is 9.82. The molecule has 0 aliphatic carbocycles. The van der Waals surface area contributed by atoms with Gasteiger partial charge in [-0.05, 0) is 31.5 Å². The van der Waals surface area contributed by atoms with Crippen LogP contribution < -0.4 is 0 Å². The Labute approximate surface area is 134 Å². The van der Waals surface area contributed by atoms with E-state index in [1.54, 1.807) is 6.92 Å². The molecule has 118 valence electrons. The fourth-order valence-corrected chi connectivity index (χ4v) is 3.54. The van der Waals surface area contributed by atoms with Crippen molar-refractivity contribution in [3.8, 4) is 0 Å². The number of carbonyl (C=O) groups is 1. The maximum Gasteiger partial charge on any atom is 0.321 e. The van der Waals surface area contributed by atoms with Gasteiger partial charge in [0.25, 0.3) is 0 Å². The van der Waals surface area contributed by atoms with E-state index >= 15 is 0 Å². The first kappa shape index (κ1) is 18.2. The summed E-state index contributed by atoms with van der Waals surface area (Å²) in [5, 5.41) is 0.411. The second-order valence-electron chi connectivity index (χ2n) is 4.22. The summed E-state index contributed by atoms with van der Waals surface area (Å²) in [6, 6.07) is 4.04. The van der Waals surface area contributed by atoms with Gasteiger partial charge in [-0.2, -0.15) is 4.31 Å². The molecular weight excluding hydrogens is 337 g/mol. The number of carbonyl (C=O) groups excluding carboxylic acids is 1. The van der Waals surface area contributed by atoms with Crippen molar-refractivity contribution in [3.05, 3.63) is 28.2 Å². The van der Waals surface area contributed by atoms with Gasteiger partial charge >= 0.3 is 5.97 Å². The van der Waals surface area contributed by atoms with Gasteiger partial charge in [-0.25, -0.2) is 8.42 Å². The van der Waals surface area contributed by atoms with E-state index in [0.717, 1.165) is 4.31 Å². The number of hydrogen-bond donors (Lipinski definition) is 0. The zero-order chi connectivity index (χ0) is 16.0. The maximum absolute atomic E-state index is 12.5. The van der Waals surface area contributed by atoms with Crippen LogP contribution >= 0.6 is 23.2 Å². The van der Waals surface area contributed by atoms with Crippen molar-refractivity contribution in [2.75, 3.05) is 19.7 Å². The van der Waals surface area contributed by atoms with Crippen LogP contribution in [0.5, 0.6) is 0 Å². The molecule has 0 amide bonds. The lowest BCUT2D eigenvalue weighted by Gasteiger charge is -2.20. The van der Waals surface area contributed by atoms with Crippen LogP contribution in [0.2, 0.25) is 10.0 Å². The Morgan fingerprint density at radius 3 is 2.43 bits per heavy atom. The largest absolute Gasteiger partial charge is 0.465 e. The lowest BCUT2D eigenvalue weighted by molar-refractivity contribution is -0.143. The van der Waals surface area contributed by atoms with Crippen molar-refractivity contribution in [2.24, 2.45) is 0 Å². The summed E-state index contributed by atoms with van der Waals surface area (Å²) in [6.45, 7) is 3.56. The van der Waals surface area contributed by atoms with Crippen molar-refractivity contribution in [1.29, 1.82) is 0 Å². The first-order valence-corrected chi connectivity index (χ1v) is 8.63. The topological polar surface area (TPSA) is 63.7 Å². The van der Waals surface area contributed by atoms with Gasteiger partial charge in [-0.3, -0.25) is 4.79 Å². The van der Waals surface area contributed by atoms with Crippen molar-refractivity contribution in [2.45, 2.75) is 25.2 Å². The minimum Gasteiger partial charge on any atom is -0.465 e. The van der Waals surface area contributed by atoms with Gasteiger partial charge < -0.3 is 4.74 Å². The van der Waals surface area contributed by atoms with Crippen LogP contribution in [0.4, 0.5) is 0 Å². The second-order valence-corrected chi connectivity index (χ2v) is 6.97. The Bertz CT molecular complexity index is 604. The molecular formula is C13H17Cl2NO4S. The lowest BCUT2D eigenvalue weighted by atomic mass is 10.4. The minimum absolute atomic E-state index is 0.00496. The highest BCUT2D eigenvalue weighted by Crippen LogP contribution is 2.26. The van der Waals surface area contributed by atoms with E-state index in [-0.39, 0.29) is 34.6 Å². The molecule has 0 heterocycles. The molecule has 0 aliphatic heterocycles. The molecule has 0 aromatic heterocycles. The molecule has 0 unspecified atom stereocenters. The van der Waals surface area contributed by atoms with Crippen LogP contribution in [0.25, 0.3) is 0 Å².